The predicted octanol–water partition coefficient (Wildman–Crippen LogP) is 5.88. The Balaban J connectivity index is 1.31. The number of rotatable bonds is 18. The molecule has 0 saturated carbocycles. The van der Waals surface area contributed by atoms with Gasteiger partial charge in [0.2, 0.25) is 25.1 Å². The fourth-order valence-electron chi connectivity index (χ4n) is 6.31. The van der Waals surface area contributed by atoms with Gasteiger partial charge in [-0.05, 0) is 80.7 Å². The standard InChI is InChI=1S/C39H51N4O6P/c1-29(2)27-34(37(45)41-33-19-10-5-11-20-33)42-36(44)32(23-22-30-15-6-3-7-16-30)28-50(48,49)26-13-12-24-40-38(46)35-21-14-25-43(35)39(47)31-17-8-4-9-18-31/h3-11,15-20,29,32,34-35H,12-14,21-28H2,1-2H3,(H,40,46)(H,41,45)(H,42,44)(H,48,49)/t32-,34+,35-/m1/s1. The molecule has 0 spiro atoms. The van der Waals surface area contributed by atoms with Crippen LogP contribution in [0.2, 0.25) is 0 Å². The van der Waals surface area contributed by atoms with Gasteiger partial charge < -0.3 is 25.7 Å². The lowest BCUT2D eigenvalue weighted by Gasteiger charge is -2.25. The molecule has 268 valence electrons. The van der Waals surface area contributed by atoms with Crippen molar-refractivity contribution < 1.29 is 28.6 Å². The first-order valence-corrected chi connectivity index (χ1v) is 19.7. The summed E-state index contributed by atoms with van der Waals surface area (Å²) in [5.74, 6) is -1.79. The molecule has 1 saturated heterocycles. The van der Waals surface area contributed by atoms with Crippen LogP contribution < -0.4 is 16.0 Å². The molecule has 1 aliphatic rings. The molecule has 4 amide bonds. The average molecular weight is 703 g/mol. The lowest BCUT2D eigenvalue weighted by Crippen LogP contribution is -2.47. The number of nitrogens with one attached hydrogen (secondary N) is 3. The first kappa shape index (κ1) is 38.5. The van der Waals surface area contributed by atoms with Crippen molar-refractivity contribution in [2.24, 2.45) is 11.8 Å². The highest BCUT2D eigenvalue weighted by Gasteiger charge is 2.35. The average Bonchev–Trinajstić information content (AvgIpc) is 3.60. The Morgan fingerprint density at radius 3 is 2.18 bits per heavy atom. The van der Waals surface area contributed by atoms with E-state index in [0.29, 0.717) is 62.9 Å². The van der Waals surface area contributed by atoms with E-state index in [1.165, 1.54) is 0 Å². The Morgan fingerprint density at radius 1 is 0.880 bits per heavy atom. The number of carbonyl (C=O) groups excluding carboxylic acids is 4. The number of aryl methyl sites for hydroxylation is 1. The monoisotopic (exact) mass is 702 g/mol. The van der Waals surface area contributed by atoms with Gasteiger partial charge in [0.1, 0.15) is 12.1 Å². The number of nitrogens with zero attached hydrogens (tertiary/aromatic N) is 1. The van der Waals surface area contributed by atoms with E-state index in [0.717, 1.165) is 12.0 Å². The van der Waals surface area contributed by atoms with Crippen molar-refractivity contribution in [3.63, 3.8) is 0 Å². The van der Waals surface area contributed by atoms with Gasteiger partial charge in [-0.2, -0.15) is 0 Å². The molecule has 0 bridgehead atoms. The van der Waals surface area contributed by atoms with Gasteiger partial charge in [-0.25, -0.2) is 0 Å². The van der Waals surface area contributed by atoms with Crippen LogP contribution in [-0.4, -0.2) is 70.9 Å². The summed E-state index contributed by atoms with van der Waals surface area (Å²) < 4.78 is 13.5. The van der Waals surface area contributed by atoms with Gasteiger partial charge in [0.15, 0.2) is 0 Å². The molecule has 1 heterocycles. The number of likely N-dealkylation sites (tertiary alicyclic amines) is 1. The summed E-state index contributed by atoms with van der Waals surface area (Å²) in [5, 5.41) is 8.68. The summed E-state index contributed by atoms with van der Waals surface area (Å²) in [4.78, 5) is 65.6. The molecular formula is C39H51N4O6P. The van der Waals surface area contributed by atoms with Gasteiger partial charge in [-0.1, -0.05) is 80.6 Å². The molecule has 0 aliphatic carbocycles. The second-order valence-corrected chi connectivity index (χ2v) is 16.0. The van der Waals surface area contributed by atoms with Gasteiger partial charge in [-0.15, -0.1) is 0 Å². The molecule has 11 heteroatoms. The smallest absolute Gasteiger partial charge is 0.254 e. The summed E-state index contributed by atoms with van der Waals surface area (Å²) in [5.41, 5.74) is 2.19. The second kappa shape index (κ2) is 19.2. The van der Waals surface area contributed by atoms with Crippen LogP contribution in [-0.2, 0) is 25.4 Å². The van der Waals surface area contributed by atoms with Crippen molar-refractivity contribution >= 4 is 36.7 Å². The number of unbranched alkanes of at least 4 members (excludes halogenated alkanes) is 1. The third-order valence-corrected chi connectivity index (χ3v) is 11.0. The molecule has 0 aromatic heterocycles. The van der Waals surface area contributed by atoms with Crippen LogP contribution in [0.3, 0.4) is 0 Å². The maximum atomic E-state index is 13.7. The first-order valence-electron chi connectivity index (χ1n) is 17.7. The van der Waals surface area contributed by atoms with Crippen LogP contribution >= 0.6 is 7.37 Å². The largest absolute Gasteiger partial charge is 0.354 e. The number of amides is 4. The molecule has 0 radical (unpaired) electrons. The molecule has 1 fully saturated rings. The number of hydrogen-bond donors (Lipinski definition) is 4. The molecule has 3 aromatic carbocycles. The SMILES string of the molecule is CC(C)C[C@H](NC(=O)[C@H](CCc1ccccc1)CP(=O)(O)CCCCNC(=O)[C@H]1CCCN1C(=O)c1ccccc1)C(=O)Nc1ccccc1. The van der Waals surface area contributed by atoms with Crippen LogP contribution in [0.4, 0.5) is 5.69 Å². The fraction of sp³-hybridized carbons (Fsp3) is 0.436. The lowest BCUT2D eigenvalue weighted by molar-refractivity contribution is -0.129. The van der Waals surface area contributed by atoms with Crippen LogP contribution in [0, 0.1) is 11.8 Å². The molecule has 4 atom stereocenters. The Bertz CT molecular complexity index is 1590. The van der Waals surface area contributed by atoms with Gasteiger partial charge in [0, 0.05) is 42.6 Å². The number of hydrogen-bond acceptors (Lipinski definition) is 5. The van der Waals surface area contributed by atoms with Gasteiger partial charge in [-0.3, -0.25) is 23.7 Å². The zero-order valence-corrected chi connectivity index (χ0v) is 30.0. The van der Waals surface area contributed by atoms with Crippen LogP contribution in [0.25, 0.3) is 0 Å². The highest BCUT2D eigenvalue weighted by molar-refractivity contribution is 7.58. The fourth-order valence-corrected chi connectivity index (χ4v) is 8.25. The number of anilines is 1. The maximum absolute atomic E-state index is 13.7. The quantitative estimate of drug-likeness (QED) is 0.0964. The molecule has 4 rings (SSSR count). The van der Waals surface area contributed by atoms with Crippen LogP contribution in [0.15, 0.2) is 91.0 Å². The van der Waals surface area contributed by atoms with Gasteiger partial charge in [0.25, 0.3) is 5.91 Å². The predicted molar refractivity (Wildman–Crippen MR) is 197 cm³/mol. The minimum absolute atomic E-state index is 0.00392. The summed E-state index contributed by atoms with van der Waals surface area (Å²) in [7, 11) is -3.74. The van der Waals surface area contributed by atoms with Crippen molar-refractivity contribution in [1.82, 2.24) is 15.5 Å². The molecule has 4 N–H and O–H groups in total. The van der Waals surface area contributed by atoms with Crippen molar-refractivity contribution in [1.29, 1.82) is 0 Å². The van der Waals surface area contributed by atoms with Crippen molar-refractivity contribution in [2.45, 2.75) is 70.9 Å². The van der Waals surface area contributed by atoms with E-state index < -0.39 is 31.3 Å². The normalized spacial score (nSPS) is 16.6. The third-order valence-electron chi connectivity index (χ3n) is 8.95. The minimum Gasteiger partial charge on any atom is -0.354 e. The highest BCUT2D eigenvalue weighted by Crippen LogP contribution is 2.44. The van der Waals surface area contributed by atoms with Gasteiger partial charge >= 0.3 is 0 Å². The molecule has 1 aliphatic heterocycles. The summed E-state index contributed by atoms with van der Waals surface area (Å²) in [6, 6.07) is 26.3. The van der Waals surface area contributed by atoms with Crippen LogP contribution in [0.5, 0.6) is 0 Å². The second-order valence-electron chi connectivity index (χ2n) is 13.5. The maximum Gasteiger partial charge on any atom is 0.254 e. The molecule has 3 aromatic rings. The molecule has 50 heavy (non-hydrogen) atoms. The number of benzene rings is 3. The lowest BCUT2D eigenvalue weighted by atomic mass is 9.98. The van der Waals surface area contributed by atoms with Crippen molar-refractivity contribution in [3.05, 3.63) is 102 Å². The molecule has 1 unspecified atom stereocenters. The summed E-state index contributed by atoms with van der Waals surface area (Å²) in [6.07, 6.45) is 3.31. The number of carbonyl (C=O) groups is 4. The van der Waals surface area contributed by atoms with E-state index >= 15 is 0 Å². The zero-order chi connectivity index (χ0) is 35.9. The first-order chi connectivity index (χ1) is 24.0. The Hall–Kier alpha value is -4.27. The Labute approximate surface area is 295 Å². The number of para-hydroxylation sites is 1. The molecule has 10 nitrogen and oxygen atoms in total. The van der Waals surface area contributed by atoms with E-state index in [9.17, 15) is 28.6 Å². The molecular weight excluding hydrogens is 651 g/mol. The minimum atomic E-state index is -3.74. The summed E-state index contributed by atoms with van der Waals surface area (Å²) in [6.45, 7) is 4.78. The summed E-state index contributed by atoms with van der Waals surface area (Å²) >= 11 is 0. The van der Waals surface area contributed by atoms with E-state index in [2.05, 4.69) is 16.0 Å². The highest BCUT2D eigenvalue weighted by atomic mass is 31.2. The van der Waals surface area contributed by atoms with Crippen LogP contribution in [0.1, 0.15) is 68.3 Å². The topological polar surface area (TPSA) is 145 Å². The van der Waals surface area contributed by atoms with E-state index in [4.69, 9.17) is 0 Å². The Morgan fingerprint density at radius 2 is 1.52 bits per heavy atom. The van der Waals surface area contributed by atoms with E-state index in [1.54, 1.807) is 41.3 Å². The van der Waals surface area contributed by atoms with Crippen molar-refractivity contribution in [3.8, 4) is 0 Å². The van der Waals surface area contributed by atoms with E-state index in [-0.39, 0.29) is 36.0 Å². The zero-order valence-electron chi connectivity index (χ0n) is 29.1. The van der Waals surface area contributed by atoms with Crippen molar-refractivity contribution in [2.75, 3.05) is 30.7 Å². The Kier molecular flexibility index (Phi) is 14.8. The van der Waals surface area contributed by atoms with E-state index in [1.807, 2.05) is 68.4 Å². The third kappa shape index (κ3) is 12.3. The van der Waals surface area contributed by atoms with Gasteiger partial charge in [0.05, 0.1) is 0 Å².